The van der Waals surface area contributed by atoms with Crippen molar-refractivity contribution < 1.29 is 4.39 Å². The molecule has 0 unspecified atom stereocenters. The van der Waals surface area contributed by atoms with Crippen LogP contribution < -0.4 is 5.73 Å². The Kier molecular flexibility index (Phi) is 4.80. The molecule has 20 heavy (non-hydrogen) atoms. The molecule has 0 aliphatic heterocycles. The van der Waals surface area contributed by atoms with Gasteiger partial charge in [0.2, 0.25) is 0 Å². The first-order valence-electron chi connectivity index (χ1n) is 6.15. The van der Waals surface area contributed by atoms with Gasteiger partial charge >= 0.3 is 0 Å². The van der Waals surface area contributed by atoms with Crippen LogP contribution in [0.1, 0.15) is 19.5 Å². The minimum absolute atomic E-state index is 0.311. The van der Waals surface area contributed by atoms with Crippen molar-refractivity contribution in [2.75, 3.05) is 5.73 Å². The summed E-state index contributed by atoms with van der Waals surface area (Å²) in [5, 5.41) is 0.311. The van der Waals surface area contributed by atoms with Gasteiger partial charge in [-0.3, -0.25) is 0 Å². The number of benzene rings is 1. The SMILES string of the molecule is CC(C)Cc1nc(-c2cc(F)cc(Cl)c2)nc(N)c1I. The summed E-state index contributed by atoms with van der Waals surface area (Å²) >= 11 is 8.00. The van der Waals surface area contributed by atoms with Crippen LogP contribution in [-0.4, -0.2) is 9.97 Å². The molecule has 2 aromatic rings. The quantitative estimate of drug-likeness (QED) is 0.774. The van der Waals surface area contributed by atoms with Gasteiger partial charge in [0.25, 0.3) is 0 Å². The number of hydrogen-bond donors (Lipinski definition) is 1. The van der Waals surface area contributed by atoms with E-state index in [1.54, 1.807) is 6.07 Å². The van der Waals surface area contributed by atoms with E-state index in [2.05, 4.69) is 46.4 Å². The fourth-order valence-corrected chi connectivity index (χ4v) is 2.53. The van der Waals surface area contributed by atoms with Gasteiger partial charge in [0, 0.05) is 10.6 Å². The topological polar surface area (TPSA) is 51.8 Å². The Morgan fingerprint density at radius 3 is 2.60 bits per heavy atom. The molecule has 3 nitrogen and oxygen atoms in total. The van der Waals surface area contributed by atoms with Gasteiger partial charge in [-0.1, -0.05) is 25.4 Å². The number of hydrogen-bond acceptors (Lipinski definition) is 3. The third kappa shape index (κ3) is 3.58. The van der Waals surface area contributed by atoms with E-state index < -0.39 is 5.82 Å². The molecule has 1 aromatic carbocycles. The van der Waals surface area contributed by atoms with E-state index in [9.17, 15) is 4.39 Å². The van der Waals surface area contributed by atoms with Crippen LogP contribution in [0, 0.1) is 15.3 Å². The minimum Gasteiger partial charge on any atom is -0.383 e. The van der Waals surface area contributed by atoms with Crippen LogP contribution in [0.15, 0.2) is 18.2 Å². The molecule has 0 spiro atoms. The molecule has 0 aliphatic rings. The average molecular weight is 406 g/mol. The molecule has 0 aliphatic carbocycles. The smallest absolute Gasteiger partial charge is 0.161 e. The van der Waals surface area contributed by atoms with E-state index in [1.807, 2.05) is 0 Å². The van der Waals surface area contributed by atoms with E-state index >= 15 is 0 Å². The maximum Gasteiger partial charge on any atom is 0.161 e. The zero-order valence-corrected chi connectivity index (χ0v) is 14.0. The molecular weight excluding hydrogens is 392 g/mol. The Morgan fingerprint density at radius 1 is 1.30 bits per heavy atom. The summed E-state index contributed by atoms with van der Waals surface area (Å²) in [5.41, 5.74) is 7.33. The zero-order chi connectivity index (χ0) is 14.9. The molecule has 6 heteroatoms. The summed E-state index contributed by atoms with van der Waals surface area (Å²) in [5.74, 6) is 0.840. The van der Waals surface area contributed by atoms with Crippen molar-refractivity contribution in [3.63, 3.8) is 0 Å². The van der Waals surface area contributed by atoms with Gasteiger partial charge in [0.1, 0.15) is 11.6 Å². The van der Waals surface area contributed by atoms with E-state index in [1.165, 1.54) is 12.1 Å². The molecule has 2 rings (SSSR count). The number of nitrogen functional groups attached to an aromatic ring is 1. The Bertz CT molecular complexity index is 626. The van der Waals surface area contributed by atoms with Crippen molar-refractivity contribution >= 4 is 40.0 Å². The van der Waals surface area contributed by atoms with Crippen molar-refractivity contribution in [1.29, 1.82) is 0 Å². The lowest BCUT2D eigenvalue weighted by Crippen LogP contribution is -2.07. The summed E-state index contributed by atoms with van der Waals surface area (Å²) in [6, 6.07) is 4.23. The van der Waals surface area contributed by atoms with Crippen LogP contribution in [0.4, 0.5) is 10.2 Å². The second kappa shape index (κ2) is 6.22. The van der Waals surface area contributed by atoms with Crippen molar-refractivity contribution in [3.05, 3.63) is 38.3 Å². The third-order valence-electron chi connectivity index (χ3n) is 2.67. The van der Waals surface area contributed by atoms with E-state index in [0.717, 1.165) is 15.7 Å². The fourth-order valence-electron chi connectivity index (χ4n) is 1.85. The summed E-state index contributed by atoms with van der Waals surface area (Å²) in [6.07, 6.45) is 0.793. The Balaban J connectivity index is 2.54. The lowest BCUT2D eigenvalue weighted by molar-refractivity contribution is 0.627. The largest absolute Gasteiger partial charge is 0.383 e. The van der Waals surface area contributed by atoms with Crippen LogP contribution in [0.5, 0.6) is 0 Å². The van der Waals surface area contributed by atoms with Gasteiger partial charge in [0.15, 0.2) is 5.82 Å². The van der Waals surface area contributed by atoms with Gasteiger partial charge < -0.3 is 5.73 Å². The third-order valence-corrected chi connectivity index (χ3v) is 4.06. The molecular formula is C14H14ClFIN3. The van der Waals surface area contributed by atoms with Crippen LogP contribution in [-0.2, 0) is 6.42 Å². The van der Waals surface area contributed by atoms with Crippen LogP contribution >= 0.6 is 34.2 Å². The average Bonchev–Trinajstić information content (AvgIpc) is 2.32. The van der Waals surface area contributed by atoms with E-state index in [-0.39, 0.29) is 0 Å². The molecule has 0 atom stereocenters. The number of anilines is 1. The Hall–Kier alpha value is -0.950. The summed E-state index contributed by atoms with van der Waals surface area (Å²) in [7, 11) is 0. The molecule has 0 saturated carbocycles. The standard InChI is InChI=1S/C14H14ClFIN3/c1-7(2)3-11-12(17)13(18)20-14(19-11)8-4-9(15)6-10(16)5-8/h4-7H,3H2,1-2H3,(H2,18,19,20). The number of rotatable bonds is 3. The van der Waals surface area contributed by atoms with Crippen molar-refractivity contribution in [1.82, 2.24) is 9.97 Å². The number of aromatic nitrogens is 2. The molecule has 0 fully saturated rings. The Morgan fingerprint density at radius 2 is 2.00 bits per heavy atom. The number of halogens is 3. The number of nitrogens with two attached hydrogens (primary N) is 1. The first-order valence-corrected chi connectivity index (χ1v) is 7.61. The first-order chi connectivity index (χ1) is 9.36. The van der Waals surface area contributed by atoms with Crippen LogP contribution in [0.3, 0.4) is 0 Å². The number of nitrogens with zero attached hydrogens (tertiary/aromatic N) is 2. The second-order valence-electron chi connectivity index (χ2n) is 4.95. The fraction of sp³-hybridized carbons (Fsp3) is 0.286. The van der Waals surface area contributed by atoms with Crippen LogP contribution in [0.2, 0.25) is 5.02 Å². The summed E-state index contributed by atoms with van der Waals surface area (Å²) < 4.78 is 14.3. The summed E-state index contributed by atoms with van der Waals surface area (Å²) in [6.45, 7) is 4.21. The lowest BCUT2D eigenvalue weighted by Gasteiger charge is -2.11. The lowest BCUT2D eigenvalue weighted by atomic mass is 10.1. The predicted molar refractivity (Wildman–Crippen MR) is 88.1 cm³/mol. The predicted octanol–water partition coefficient (Wildman–Crippen LogP) is 4.32. The minimum atomic E-state index is -0.418. The molecule has 0 saturated heterocycles. The van der Waals surface area contributed by atoms with E-state index in [0.29, 0.717) is 28.1 Å². The highest BCUT2D eigenvalue weighted by molar-refractivity contribution is 14.1. The molecule has 1 aromatic heterocycles. The second-order valence-corrected chi connectivity index (χ2v) is 6.46. The zero-order valence-electron chi connectivity index (χ0n) is 11.1. The monoisotopic (exact) mass is 405 g/mol. The van der Waals surface area contributed by atoms with Crippen LogP contribution in [0.25, 0.3) is 11.4 Å². The molecule has 1 heterocycles. The highest BCUT2D eigenvalue weighted by Gasteiger charge is 2.13. The van der Waals surface area contributed by atoms with Gasteiger partial charge in [-0.25, -0.2) is 14.4 Å². The van der Waals surface area contributed by atoms with Crippen molar-refractivity contribution in [2.24, 2.45) is 5.92 Å². The highest BCUT2D eigenvalue weighted by atomic mass is 127. The molecule has 2 N–H and O–H groups in total. The highest BCUT2D eigenvalue weighted by Crippen LogP contribution is 2.26. The molecule has 0 radical (unpaired) electrons. The van der Waals surface area contributed by atoms with Crippen molar-refractivity contribution in [3.8, 4) is 11.4 Å². The maximum absolute atomic E-state index is 13.4. The maximum atomic E-state index is 13.4. The van der Waals surface area contributed by atoms with E-state index in [4.69, 9.17) is 17.3 Å². The van der Waals surface area contributed by atoms with Gasteiger partial charge in [0.05, 0.1) is 9.26 Å². The first kappa shape index (κ1) is 15.4. The molecule has 106 valence electrons. The normalized spacial score (nSPS) is 11.1. The van der Waals surface area contributed by atoms with Gasteiger partial charge in [-0.05, 0) is 53.1 Å². The van der Waals surface area contributed by atoms with Gasteiger partial charge in [-0.15, -0.1) is 0 Å². The molecule has 0 amide bonds. The summed E-state index contributed by atoms with van der Waals surface area (Å²) in [4.78, 5) is 8.73. The van der Waals surface area contributed by atoms with Crippen molar-refractivity contribution in [2.45, 2.75) is 20.3 Å². The van der Waals surface area contributed by atoms with Gasteiger partial charge in [-0.2, -0.15) is 0 Å². The Labute approximate surface area is 135 Å². The molecule has 0 bridgehead atoms.